The number of carbonyl (C=O) groups is 1. The van der Waals surface area contributed by atoms with E-state index in [4.69, 9.17) is 4.74 Å². The second-order valence-electron chi connectivity index (χ2n) is 5.85. The molecular weight excluding hydrogens is 296 g/mol. The van der Waals surface area contributed by atoms with Crippen LogP contribution in [-0.4, -0.2) is 55.6 Å². The number of hydrogen-bond acceptors (Lipinski definition) is 5. The average molecular weight is 320 g/mol. The van der Waals surface area contributed by atoms with Gasteiger partial charge in [0, 0.05) is 13.1 Å². The lowest BCUT2D eigenvalue weighted by atomic mass is 9.78. The van der Waals surface area contributed by atoms with E-state index in [1.165, 1.54) is 4.31 Å². The third-order valence-corrected chi connectivity index (χ3v) is 6.01. The first kappa shape index (κ1) is 16.7. The molecule has 1 unspecified atom stereocenters. The SMILES string of the molecule is CCOC(=O)C1CCCN(S(=O)(=O)NC2(CO)CCC2)C1. The van der Waals surface area contributed by atoms with Gasteiger partial charge in [-0.1, -0.05) is 0 Å². The van der Waals surface area contributed by atoms with Crippen molar-refractivity contribution >= 4 is 16.2 Å². The van der Waals surface area contributed by atoms with Crippen molar-refractivity contribution in [1.82, 2.24) is 9.03 Å². The Bertz CT molecular complexity index is 469. The van der Waals surface area contributed by atoms with Gasteiger partial charge in [0.25, 0.3) is 10.2 Å². The first-order chi connectivity index (χ1) is 9.92. The fourth-order valence-corrected chi connectivity index (χ4v) is 4.54. The zero-order chi connectivity index (χ0) is 15.5. The standard InChI is InChI=1S/C13H24N2O5S/c1-2-20-12(17)11-5-3-8-15(9-11)21(18,19)14-13(10-16)6-4-7-13/h11,14,16H,2-10H2,1H3. The summed E-state index contributed by atoms with van der Waals surface area (Å²) >= 11 is 0. The summed E-state index contributed by atoms with van der Waals surface area (Å²) in [5, 5.41) is 9.39. The maximum Gasteiger partial charge on any atom is 0.310 e. The summed E-state index contributed by atoms with van der Waals surface area (Å²) < 4.78 is 33.7. The average Bonchev–Trinajstić information content (AvgIpc) is 2.43. The number of esters is 1. The Hall–Kier alpha value is -0.700. The lowest BCUT2D eigenvalue weighted by Gasteiger charge is -2.42. The van der Waals surface area contributed by atoms with E-state index < -0.39 is 21.7 Å². The lowest BCUT2D eigenvalue weighted by Crippen LogP contribution is -2.60. The fraction of sp³-hybridized carbons (Fsp3) is 0.923. The molecule has 0 amide bonds. The van der Waals surface area contributed by atoms with Crippen LogP contribution in [0.2, 0.25) is 0 Å². The number of aliphatic hydroxyl groups is 1. The molecule has 0 aromatic carbocycles. The van der Waals surface area contributed by atoms with Gasteiger partial charge >= 0.3 is 5.97 Å². The van der Waals surface area contributed by atoms with Crippen molar-refractivity contribution in [2.75, 3.05) is 26.3 Å². The van der Waals surface area contributed by atoms with Gasteiger partial charge in [-0.3, -0.25) is 4.79 Å². The molecule has 122 valence electrons. The first-order valence-corrected chi connectivity index (χ1v) is 8.93. The van der Waals surface area contributed by atoms with E-state index in [9.17, 15) is 18.3 Å². The summed E-state index contributed by atoms with van der Waals surface area (Å²) in [6.07, 6.45) is 3.50. The molecule has 2 fully saturated rings. The Balaban J connectivity index is 2.00. The molecule has 0 spiro atoms. The van der Waals surface area contributed by atoms with Crippen molar-refractivity contribution in [2.45, 2.75) is 44.6 Å². The summed E-state index contributed by atoms with van der Waals surface area (Å²) in [5.41, 5.74) is -0.713. The van der Waals surface area contributed by atoms with Crippen molar-refractivity contribution in [3.8, 4) is 0 Å². The molecule has 21 heavy (non-hydrogen) atoms. The molecule has 1 atom stereocenters. The highest BCUT2D eigenvalue weighted by molar-refractivity contribution is 7.87. The van der Waals surface area contributed by atoms with Crippen LogP contribution >= 0.6 is 0 Å². The fourth-order valence-electron chi connectivity index (χ4n) is 2.85. The van der Waals surface area contributed by atoms with Crippen LogP contribution in [0.4, 0.5) is 0 Å². The molecule has 0 aromatic heterocycles. The van der Waals surface area contributed by atoms with Gasteiger partial charge in [0.1, 0.15) is 0 Å². The maximum absolute atomic E-state index is 12.4. The first-order valence-electron chi connectivity index (χ1n) is 7.49. The second-order valence-corrected chi connectivity index (χ2v) is 7.52. The van der Waals surface area contributed by atoms with Crippen LogP contribution in [0.1, 0.15) is 39.0 Å². The van der Waals surface area contributed by atoms with Gasteiger partial charge in [-0.15, -0.1) is 0 Å². The highest BCUT2D eigenvalue weighted by Gasteiger charge is 2.42. The molecule has 2 rings (SSSR count). The van der Waals surface area contributed by atoms with Gasteiger partial charge in [-0.25, -0.2) is 0 Å². The Labute approximate surface area is 125 Å². The van der Waals surface area contributed by atoms with Crippen LogP contribution in [0.5, 0.6) is 0 Å². The van der Waals surface area contributed by atoms with E-state index in [0.717, 1.165) is 6.42 Å². The molecule has 7 nitrogen and oxygen atoms in total. The number of rotatable bonds is 6. The maximum atomic E-state index is 12.4. The number of hydrogen-bond donors (Lipinski definition) is 2. The molecule has 1 saturated carbocycles. The normalized spacial score (nSPS) is 26.1. The highest BCUT2D eigenvalue weighted by Crippen LogP contribution is 2.32. The highest BCUT2D eigenvalue weighted by atomic mass is 32.2. The van der Waals surface area contributed by atoms with Crippen molar-refractivity contribution in [2.24, 2.45) is 5.92 Å². The van der Waals surface area contributed by atoms with Crippen molar-refractivity contribution in [3.63, 3.8) is 0 Å². The molecule has 0 aromatic rings. The predicted molar refractivity (Wildman–Crippen MR) is 76.7 cm³/mol. The van der Waals surface area contributed by atoms with Crippen LogP contribution in [0.25, 0.3) is 0 Å². The molecule has 2 N–H and O–H groups in total. The predicted octanol–water partition coefficient (Wildman–Crippen LogP) is 0.0109. The molecular formula is C13H24N2O5S. The van der Waals surface area contributed by atoms with Crippen LogP contribution < -0.4 is 4.72 Å². The summed E-state index contributed by atoms with van der Waals surface area (Å²) in [6, 6.07) is 0. The van der Waals surface area contributed by atoms with Crippen LogP contribution in [0.3, 0.4) is 0 Å². The van der Waals surface area contributed by atoms with Gasteiger partial charge in [0.2, 0.25) is 0 Å². The number of nitrogens with zero attached hydrogens (tertiary/aromatic N) is 1. The number of carbonyl (C=O) groups excluding carboxylic acids is 1. The van der Waals surface area contributed by atoms with E-state index in [1.54, 1.807) is 6.92 Å². The molecule has 2 aliphatic rings. The third-order valence-electron chi connectivity index (χ3n) is 4.30. The summed E-state index contributed by atoms with van der Waals surface area (Å²) in [6.45, 7) is 2.39. The van der Waals surface area contributed by atoms with Gasteiger partial charge < -0.3 is 9.84 Å². The van der Waals surface area contributed by atoms with Crippen molar-refractivity contribution in [1.29, 1.82) is 0 Å². The number of ether oxygens (including phenoxy) is 1. The van der Waals surface area contributed by atoms with E-state index in [-0.39, 0.29) is 19.1 Å². The van der Waals surface area contributed by atoms with Gasteiger partial charge in [0.05, 0.1) is 24.7 Å². The molecule has 1 aliphatic carbocycles. The molecule has 8 heteroatoms. The molecule has 1 saturated heterocycles. The zero-order valence-electron chi connectivity index (χ0n) is 12.4. The topological polar surface area (TPSA) is 95.9 Å². The Kier molecular flexibility index (Phi) is 5.24. The van der Waals surface area contributed by atoms with Crippen molar-refractivity contribution in [3.05, 3.63) is 0 Å². The van der Waals surface area contributed by atoms with Crippen molar-refractivity contribution < 1.29 is 23.1 Å². The summed E-state index contributed by atoms with van der Waals surface area (Å²) in [5.74, 6) is -0.736. The third kappa shape index (κ3) is 3.74. The minimum absolute atomic E-state index is 0.148. The lowest BCUT2D eigenvalue weighted by molar-refractivity contribution is -0.149. The number of nitrogens with one attached hydrogen (secondary N) is 1. The van der Waals surface area contributed by atoms with Gasteiger partial charge in [-0.05, 0) is 39.0 Å². The van der Waals surface area contributed by atoms with Gasteiger partial charge in [-0.2, -0.15) is 17.4 Å². The zero-order valence-corrected chi connectivity index (χ0v) is 13.2. The second kappa shape index (κ2) is 6.60. The Morgan fingerprint density at radius 1 is 1.43 bits per heavy atom. The molecule has 0 radical (unpaired) electrons. The molecule has 1 heterocycles. The quantitative estimate of drug-likeness (QED) is 0.672. The minimum Gasteiger partial charge on any atom is -0.466 e. The number of piperidine rings is 1. The number of aliphatic hydroxyl groups excluding tert-OH is 1. The van der Waals surface area contributed by atoms with Crippen LogP contribution in [0, 0.1) is 5.92 Å². The largest absolute Gasteiger partial charge is 0.466 e. The van der Waals surface area contributed by atoms with Crippen LogP contribution in [0.15, 0.2) is 0 Å². The van der Waals surface area contributed by atoms with E-state index in [2.05, 4.69) is 4.72 Å². The Morgan fingerprint density at radius 2 is 2.14 bits per heavy atom. The summed E-state index contributed by atoms with van der Waals surface area (Å²) in [4.78, 5) is 11.8. The van der Waals surface area contributed by atoms with Crippen LogP contribution in [-0.2, 0) is 19.7 Å². The Morgan fingerprint density at radius 3 is 2.67 bits per heavy atom. The minimum atomic E-state index is -3.68. The summed E-state index contributed by atoms with van der Waals surface area (Å²) in [7, 11) is -3.68. The smallest absolute Gasteiger partial charge is 0.310 e. The molecule has 0 bridgehead atoms. The van der Waals surface area contributed by atoms with E-state index in [0.29, 0.717) is 38.8 Å². The van der Waals surface area contributed by atoms with E-state index in [1.807, 2.05) is 0 Å². The van der Waals surface area contributed by atoms with Gasteiger partial charge in [0.15, 0.2) is 0 Å². The van der Waals surface area contributed by atoms with E-state index >= 15 is 0 Å². The monoisotopic (exact) mass is 320 g/mol. The molecule has 1 aliphatic heterocycles.